The Morgan fingerprint density at radius 1 is 0.788 bits per heavy atom. The zero-order valence-electron chi connectivity index (χ0n) is 18.2. The predicted octanol–water partition coefficient (Wildman–Crippen LogP) is 3.63. The molecule has 2 heterocycles. The molecule has 0 unspecified atom stereocenters. The number of nitrogens with zero attached hydrogens (tertiary/aromatic N) is 1. The van der Waals surface area contributed by atoms with E-state index in [0.717, 1.165) is 11.1 Å². The van der Waals surface area contributed by atoms with Crippen LogP contribution in [0.3, 0.4) is 0 Å². The lowest BCUT2D eigenvalue weighted by Gasteiger charge is -2.27. The van der Waals surface area contributed by atoms with Gasteiger partial charge in [0, 0.05) is 0 Å². The maximum atomic E-state index is 13.5. The van der Waals surface area contributed by atoms with E-state index in [4.69, 9.17) is 14.3 Å². The van der Waals surface area contributed by atoms with Gasteiger partial charge in [0.05, 0.1) is 37.3 Å². The number of rotatable bonds is 8. The van der Waals surface area contributed by atoms with Gasteiger partial charge < -0.3 is 9.47 Å². The van der Waals surface area contributed by atoms with E-state index < -0.39 is 27.2 Å². The van der Waals surface area contributed by atoms with Gasteiger partial charge in [0.25, 0.3) is 0 Å². The van der Waals surface area contributed by atoms with Crippen LogP contribution in [0.5, 0.6) is 0 Å². The molecule has 0 aliphatic carbocycles. The van der Waals surface area contributed by atoms with E-state index in [1.807, 2.05) is 66.7 Å². The topological polar surface area (TPSA) is 65.1 Å². The van der Waals surface area contributed by atoms with Gasteiger partial charge >= 0.3 is 0 Å². The molecule has 6 nitrogen and oxygen atoms in total. The number of hydroxylamine groups is 2. The molecule has 0 saturated carbocycles. The van der Waals surface area contributed by atoms with E-state index in [9.17, 15) is 8.42 Å². The largest absolute Gasteiger partial charge is 0.369 e. The van der Waals surface area contributed by atoms with Gasteiger partial charge in [0.2, 0.25) is 0 Å². The summed E-state index contributed by atoms with van der Waals surface area (Å²) in [5.74, 6) is 0. The fraction of sp³-hybridized carbons (Fsp3) is 0.308. The van der Waals surface area contributed by atoms with Gasteiger partial charge in [-0.3, -0.25) is 4.84 Å². The van der Waals surface area contributed by atoms with Crippen molar-refractivity contribution in [1.29, 1.82) is 0 Å². The Morgan fingerprint density at radius 3 is 1.94 bits per heavy atom. The molecule has 172 valence electrons. The molecule has 7 heteroatoms. The van der Waals surface area contributed by atoms with Crippen molar-refractivity contribution in [1.82, 2.24) is 5.06 Å². The number of sulfone groups is 1. The fourth-order valence-electron chi connectivity index (χ4n) is 4.55. The van der Waals surface area contributed by atoms with Crippen molar-refractivity contribution in [3.05, 3.63) is 102 Å². The molecule has 0 amide bonds. The summed E-state index contributed by atoms with van der Waals surface area (Å²) in [6, 6.07) is 27.9. The number of benzene rings is 3. The lowest BCUT2D eigenvalue weighted by atomic mass is 10.1. The highest BCUT2D eigenvalue weighted by Crippen LogP contribution is 2.37. The van der Waals surface area contributed by atoms with Crippen molar-refractivity contribution >= 4 is 9.84 Å². The Labute approximate surface area is 194 Å². The van der Waals surface area contributed by atoms with Crippen molar-refractivity contribution in [2.45, 2.75) is 41.6 Å². The average molecular weight is 466 g/mol. The molecule has 2 saturated heterocycles. The third-order valence-electron chi connectivity index (χ3n) is 6.24. The van der Waals surface area contributed by atoms with Crippen LogP contribution in [-0.2, 0) is 37.4 Å². The van der Waals surface area contributed by atoms with E-state index in [1.54, 1.807) is 29.3 Å². The minimum Gasteiger partial charge on any atom is -0.369 e. The maximum absolute atomic E-state index is 13.5. The summed E-state index contributed by atoms with van der Waals surface area (Å²) < 4.78 is 39.6. The molecule has 2 fully saturated rings. The van der Waals surface area contributed by atoms with E-state index >= 15 is 0 Å². The Morgan fingerprint density at radius 2 is 1.33 bits per heavy atom. The second-order valence-corrected chi connectivity index (χ2v) is 10.5. The van der Waals surface area contributed by atoms with Gasteiger partial charge in [-0.25, -0.2) is 8.42 Å². The molecule has 5 rings (SSSR count). The van der Waals surface area contributed by atoms with Crippen LogP contribution < -0.4 is 0 Å². The van der Waals surface area contributed by atoms with Crippen LogP contribution in [0, 0.1) is 0 Å². The SMILES string of the molecule is O=S(=O)(c1ccccc1)[C@H]1CON2C[C@H](OCc3ccccc3)[C@@H](OCc3ccccc3)[C@H]12. The summed E-state index contributed by atoms with van der Waals surface area (Å²) in [4.78, 5) is 6.16. The second kappa shape index (κ2) is 9.75. The monoisotopic (exact) mass is 465 g/mol. The molecule has 0 radical (unpaired) electrons. The Balaban J connectivity index is 1.39. The first-order valence-corrected chi connectivity index (χ1v) is 12.7. The molecular weight excluding hydrogens is 438 g/mol. The average Bonchev–Trinajstić information content (AvgIpc) is 3.43. The van der Waals surface area contributed by atoms with Crippen LogP contribution >= 0.6 is 0 Å². The Hall–Kier alpha value is -2.55. The molecule has 3 aromatic rings. The number of hydrogen-bond acceptors (Lipinski definition) is 6. The van der Waals surface area contributed by atoms with Gasteiger partial charge in [-0.2, -0.15) is 5.06 Å². The summed E-state index contributed by atoms with van der Waals surface area (Å²) in [6.45, 7) is 1.36. The smallest absolute Gasteiger partial charge is 0.185 e. The van der Waals surface area contributed by atoms with Crippen molar-refractivity contribution in [3.63, 3.8) is 0 Å². The van der Waals surface area contributed by atoms with Crippen molar-refractivity contribution in [2.75, 3.05) is 13.2 Å². The summed E-state index contributed by atoms with van der Waals surface area (Å²) in [6.07, 6.45) is -0.757. The highest BCUT2D eigenvalue weighted by molar-refractivity contribution is 7.92. The van der Waals surface area contributed by atoms with E-state index in [1.165, 1.54) is 0 Å². The summed E-state index contributed by atoms with van der Waals surface area (Å²) in [5.41, 5.74) is 2.08. The maximum Gasteiger partial charge on any atom is 0.185 e. The van der Waals surface area contributed by atoms with Crippen LogP contribution in [0.2, 0.25) is 0 Å². The minimum absolute atomic E-state index is 0.110. The molecule has 33 heavy (non-hydrogen) atoms. The molecule has 2 aliphatic rings. The number of fused-ring (bicyclic) bond motifs is 1. The van der Waals surface area contributed by atoms with Gasteiger partial charge in [0.1, 0.15) is 17.5 Å². The van der Waals surface area contributed by atoms with Crippen molar-refractivity contribution in [2.24, 2.45) is 0 Å². The predicted molar refractivity (Wildman–Crippen MR) is 124 cm³/mol. The number of ether oxygens (including phenoxy) is 2. The molecule has 0 aromatic heterocycles. The van der Waals surface area contributed by atoms with E-state index in [2.05, 4.69) is 0 Å². The lowest BCUT2D eigenvalue weighted by molar-refractivity contribution is -0.125. The zero-order chi connectivity index (χ0) is 22.7. The molecule has 0 spiro atoms. The van der Waals surface area contributed by atoms with Gasteiger partial charge in [-0.1, -0.05) is 78.9 Å². The standard InChI is InChI=1S/C26H27NO5S/c28-33(29,22-14-8-3-9-15-22)24-19-32-27-16-23(30-17-20-10-4-1-5-11-20)26(25(24)27)31-18-21-12-6-2-7-13-21/h1-15,23-26H,16-19H2/t23-,24-,25-,26+/m0/s1. The Kier molecular flexibility index (Phi) is 6.57. The van der Waals surface area contributed by atoms with Crippen LogP contribution in [0.15, 0.2) is 95.9 Å². The van der Waals surface area contributed by atoms with Crippen molar-refractivity contribution < 1.29 is 22.7 Å². The van der Waals surface area contributed by atoms with Crippen LogP contribution in [-0.4, -0.2) is 50.1 Å². The van der Waals surface area contributed by atoms with Crippen molar-refractivity contribution in [3.8, 4) is 0 Å². The van der Waals surface area contributed by atoms with Gasteiger partial charge in [-0.15, -0.1) is 0 Å². The molecule has 3 aromatic carbocycles. The summed E-state index contributed by atoms with van der Waals surface area (Å²) in [5, 5.41) is 1.02. The molecule has 2 aliphatic heterocycles. The second-order valence-electron chi connectivity index (χ2n) is 8.38. The highest BCUT2D eigenvalue weighted by atomic mass is 32.2. The van der Waals surface area contributed by atoms with Crippen LogP contribution in [0.25, 0.3) is 0 Å². The molecule has 0 bridgehead atoms. The molecular formula is C26H27NO5S. The van der Waals surface area contributed by atoms with Crippen LogP contribution in [0.1, 0.15) is 11.1 Å². The molecule has 4 atom stereocenters. The number of hydrogen-bond donors (Lipinski definition) is 0. The third-order valence-corrected chi connectivity index (χ3v) is 8.38. The Bertz CT molecular complexity index is 1140. The minimum atomic E-state index is -3.60. The first-order valence-electron chi connectivity index (χ1n) is 11.1. The first-order chi connectivity index (χ1) is 16.1. The zero-order valence-corrected chi connectivity index (χ0v) is 19.0. The normalized spacial score (nSPS) is 25.2. The van der Waals surface area contributed by atoms with Gasteiger partial charge in [-0.05, 0) is 23.3 Å². The quantitative estimate of drug-likeness (QED) is 0.506. The summed E-state index contributed by atoms with van der Waals surface area (Å²) >= 11 is 0. The third kappa shape index (κ3) is 4.74. The van der Waals surface area contributed by atoms with E-state index in [0.29, 0.717) is 24.7 Å². The van der Waals surface area contributed by atoms with Crippen LogP contribution in [0.4, 0.5) is 0 Å². The van der Waals surface area contributed by atoms with Gasteiger partial charge in [0.15, 0.2) is 9.84 Å². The molecule has 0 N–H and O–H groups in total. The lowest BCUT2D eigenvalue weighted by Crippen LogP contribution is -2.45. The summed E-state index contributed by atoms with van der Waals surface area (Å²) in [7, 11) is -3.60. The highest BCUT2D eigenvalue weighted by Gasteiger charge is 2.56. The van der Waals surface area contributed by atoms with E-state index in [-0.39, 0.29) is 12.7 Å². The fourth-order valence-corrected chi connectivity index (χ4v) is 6.33. The first kappa shape index (κ1) is 22.3.